The predicted molar refractivity (Wildman–Crippen MR) is 112 cm³/mol. The molecule has 0 bridgehead atoms. The summed E-state index contributed by atoms with van der Waals surface area (Å²) in [5, 5.41) is 1.03. The van der Waals surface area contributed by atoms with Gasteiger partial charge in [-0.15, -0.1) is 0 Å². The monoisotopic (exact) mass is 452 g/mol. The Morgan fingerprint density at radius 1 is 1.14 bits per heavy atom. The quantitative estimate of drug-likeness (QED) is 0.577. The van der Waals surface area contributed by atoms with Crippen LogP contribution in [0.1, 0.15) is 10.4 Å². The number of amides is 1. The van der Waals surface area contributed by atoms with E-state index in [1.54, 1.807) is 6.07 Å². The Hall–Kier alpha value is -2.24. The average Bonchev–Trinajstić information content (AvgIpc) is 3.17. The van der Waals surface area contributed by atoms with Crippen molar-refractivity contribution in [3.05, 3.63) is 53.1 Å². The molecule has 1 aliphatic rings. The van der Waals surface area contributed by atoms with Crippen LogP contribution in [-0.4, -0.2) is 49.9 Å². The van der Waals surface area contributed by atoms with Crippen LogP contribution in [0.4, 0.5) is 5.13 Å². The number of nitrogens with zero attached hydrogens (tertiary/aromatic N) is 2. The van der Waals surface area contributed by atoms with E-state index in [2.05, 4.69) is 15.8 Å². The summed E-state index contributed by atoms with van der Waals surface area (Å²) in [4.78, 5) is 16.8. The molecule has 8 nitrogen and oxygen atoms in total. The van der Waals surface area contributed by atoms with Crippen LogP contribution in [0.2, 0.25) is 5.02 Å². The van der Waals surface area contributed by atoms with Crippen molar-refractivity contribution in [3.8, 4) is 0 Å². The molecule has 0 radical (unpaired) electrons. The zero-order valence-electron chi connectivity index (χ0n) is 15.1. The van der Waals surface area contributed by atoms with Gasteiger partial charge >= 0.3 is 0 Å². The minimum atomic E-state index is -3.59. The lowest BCUT2D eigenvalue weighted by Crippen LogP contribution is -2.40. The fourth-order valence-electron chi connectivity index (χ4n) is 2.87. The maximum absolute atomic E-state index is 12.6. The van der Waals surface area contributed by atoms with Gasteiger partial charge in [-0.05, 0) is 36.4 Å². The molecule has 3 aromatic rings. The van der Waals surface area contributed by atoms with E-state index in [0.717, 1.165) is 4.70 Å². The lowest BCUT2D eigenvalue weighted by atomic mass is 10.2. The van der Waals surface area contributed by atoms with Gasteiger partial charge in [-0.1, -0.05) is 29.0 Å². The molecule has 0 aliphatic carbocycles. The van der Waals surface area contributed by atoms with Gasteiger partial charge in [0.1, 0.15) is 5.52 Å². The fourth-order valence-corrected chi connectivity index (χ4v) is 5.39. The largest absolute Gasteiger partial charge is 0.379 e. The van der Waals surface area contributed by atoms with E-state index in [1.165, 1.54) is 39.9 Å². The van der Waals surface area contributed by atoms with Crippen molar-refractivity contribution in [1.82, 2.24) is 14.7 Å². The van der Waals surface area contributed by atoms with Gasteiger partial charge in [-0.25, -0.2) is 13.4 Å². The van der Waals surface area contributed by atoms with Gasteiger partial charge in [-0.2, -0.15) is 4.31 Å². The summed E-state index contributed by atoms with van der Waals surface area (Å²) >= 11 is 7.46. The van der Waals surface area contributed by atoms with Crippen molar-refractivity contribution in [2.24, 2.45) is 0 Å². The normalized spacial score (nSPS) is 15.3. The minimum absolute atomic E-state index is 0.143. The van der Waals surface area contributed by atoms with Crippen molar-refractivity contribution in [3.63, 3.8) is 0 Å². The predicted octanol–water partition coefficient (Wildman–Crippen LogP) is 2.73. The summed E-state index contributed by atoms with van der Waals surface area (Å²) in [6.07, 6.45) is 0. The summed E-state index contributed by atoms with van der Waals surface area (Å²) < 4.78 is 32.7. The maximum atomic E-state index is 12.6. The average molecular weight is 453 g/mol. The lowest BCUT2D eigenvalue weighted by Gasteiger charge is -2.26. The molecule has 0 atom stereocenters. The number of morpholine rings is 1. The van der Waals surface area contributed by atoms with Crippen LogP contribution in [0.15, 0.2) is 47.4 Å². The number of sulfonamides is 1. The Balaban J connectivity index is 1.43. The molecule has 2 heterocycles. The molecule has 152 valence electrons. The van der Waals surface area contributed by atoms with E-state index in [0.29, 0.717) is 47.5 Å². The topological polar surface area (TPSA) is 101 Å². The Bertz CT molecular complexity index is 1140. The second-order valence-electron chi connectivity index (χ2n) is 6.23. The zero-order valence-corrected chi connectivity index (χ0v) is 17.5. The van der Waals surface area contributed by atoms with E-state index in [1.807, 2.05) is 12.1 Å². The summed E-state index contributed by atoms with van der Waals surface area (Å²) in [5.41, 5.74) is 6.30. The van der Waals surface area contributed by atoms with Gasteiger partial charge in [0.05, 0.1) is 27.8 Å². The molecule has 2 N–H and O–H groups in total. The first-order valence-electron chi connectivity index (χ1n) is 8.74. The maximum Gasteiger partial charge on any atom is 0.269 e. The number of ether oxygens (including phenoxy) is 1. The van der Waals surface area contributed by atoms with E-state index in [-0.39, 0.29) is 4.90 Å². The van der Waals surface area contributed by atoms with Crippen molar-refractivity contribution in [2.45, 2.75) is 4.90 Å². The number of benzene rings is 2. The van der Waals surface area contributed by atoms with Crippen LogP contribution < -0.4 is 10.9 Å². The molecule has 0 saturated carbocycles. The number of carbonyl (C=O) groups excluding carboxylic acids is 1. The Morgan fingerprint density at radius 2 is 1.86 bits per heavy atom. The number of hydrazine groups is 1. The molecule has 1 aliphatic heterocycles. The Kier molecular flexibility index (Phi) is 5.70. The molecule has 0 unspecified atom stereocenters. The standard InChI is InChI=1S/C18H17ClN4O4S2/c19-14-2-1-3-15-16(14)20-18(28-15)22-21-17(24)12-4-6-13(7-5-12)29(25,26)23-8-10-27-11-9-23/h1-7H,8-11H2,(H,20,22)(H,21,24). The van der Waals surface area contributed by atoms with Gasteiger partial charge in [0, 0.05) is 18.7 Å². The molecule has 1 aromatic heterocycles. The van der Waals surface area contributed by atoms with Crippen LogP contribution in [-0.2, 0) is 14.8 Å². The van der Waals surface area contributed by atoms with Gasteiger partial charge in [0.2, 0.25) is 15.2 Å². The van der Waals surface area contributed by atoms with Gasteiger partial charge in [0.25, 0.3) is 5.91 Å². The number of hydrogen-bond donors (Lipinski definition) is 2. The summed E-state index contributed by atoms with van der Waals surface area (Å²) in [7, 11) is -3.59. The lowest BCUT2D eigenvalue weighted by molar-refractivity contribution is 0.0730. The van der Waals surface area contributed by atoms with E-state index in [4.69, 9.17) is 16.3 Å². The van der Waals surface area contributed by atoms with Crippen molar-refractivity contribution in [2.75, 3.05) is 31.7 Å². The highest BCUT2D eigenvalue weighted by Gasteiger charge is 2.26. The van der Waals surface area contributed by atoms with Crippen LogP contribution in [0.25, 0.3) is 10.2 Å². The van der Waals surface area contributed by atoms with Crippen LogP contribution in [0.3, 0.4) is 0 Å². The van der Waals surface area contributed by atoms with Crippen LogP contribution in [0.5, 0.6) is 0 Å². The SMILES string of the molecule is O=C(NNc1nc2c(Cl)cccc2s1)c1ccc(S(=O)(=O)N2CCOCC2)cc1. The summed E-state index contributed by atoms with van der Waals surface area (Å²) in [6, 6.07) is 11.3. The molecule has 1 saturated heterocycles. The highest BCUT2D eigenvalue weighted by atomic mass is 35.5. The third-order valence-corrected chi connectivity index (χ3v) is 7.53. The second kappa shape index (κ2) is 8.25. The van der Waals surface area contributed by atoms with Crippen molar-refractivity contribution in [1.29, 1.82) is 0 Å². The number of para-hydroxylation sites is 1. The zero-order chi connectivity index (χ0) is 20.4. The number of fused-ring (bicyclic) bond motifs is 1. The summed E-state index contributed by atoms with van der Waals surface area (Å²) in [6.45, 7) is 1.39. The molecule has 29 heavy (non-hydrogen) atoms. The van der Waals surface area contributed by atoms with Crippen molar-refractivity contribution >= 4 is 54.2 Å². The number of anilines is 1. The van der Waals surface area contributed by atoms with E-state index in [9.17, 15) is 13.2 Å². The number of aromatic nitrogens is 1. The van der Waals surface area contributed by atoms with Crippen molar-refractivity contribution < 1.29 is 17.9 Å². The highest BCUT2D eigenvalue weighted by Crippen LogP contribution is 2.30. The Morgan fingerprint density at radius 3 is 2.55 bits per heavy atom. The molecule has 2 aromatic carbocycles. The van der Waals surface area contributed by atoms with Gasteiger partial charge < -0.3 is 4.74 Å². The molecule has 1 amide bonds. The van der Waals surface area contributed by atoms with Crippen LogP contribution >= 0.6 is 22.9 Å². The molecule has 4 rings (SSSR count). The Labute approximate surface area is 176 Å². The number of hydrogen-bond acceptors (Lipinski definition) is 7. The number of thiazole rings is 1. The minimum Gasteiger partial charge on any atom is -0.379 e. The van der Waals surface area contributed by atoms with E-state index < -0.39 is 15.9 Å². The molecular weight excluding hydrogens is 436 g/mol. The molecule has 0 spiro atoms. The number of halogens is 1. The van der Waals surface area contributed by atoms with Crippen LogP contribution in [0, 0.1) is 0 Å². The summed E-state index contributed by atoms with van der Waals surface area (Å²) in [5.74, 6) is -0.411. The number of carbonyl (C=O) groups is 1. The van der Waals surface area contributed by atoms with E-state index >= 15 is 0 Å². The fraction of sp³-hybridized carbons (Fsp3) is 0.222. The van der Waals surface area contributed by atoms with Gasteiger partial charge in [0.15, 0.2) is 0 Å². The molecule has 1 fully saturated rings. The molecule has 11 heteroatoms. The first kappa shape index (κ1) is 20.0. The third-order valence-electron chi connectivity index (χ3n) is 4.38. The van der Waals surface area contributed by atoms with Gasteiger partial charge in [-0.3, -0.25) is 15.6 Å². The molecular formula is C18H17ClN4O4S2. The first-order valence-corrected chi connectivity index (χ1v) is 11.4. The third kappa shape index (κ3) is 4.21. The number of rotatable bonds is 5. The highest BCUT2D eigenvalue weighted by molar-refractivity contribution is 7.89. The second-order valence-corrected chi connectivity index (χ2v) is 9.60. The smallest absolute Gasteiger partial charge is 0.269 e. The number of nitrogens with one attached hydrogen (secondary N) is 2. The first-order chi connectivity index (χ1) is 13.9.